The van der Waals surface area contributed by atoms with E-state index in [2.05, 4.69) is 0 Å². The Morgan fingerprint density at radius 3 is 2.58 bits per heavy atom. The maximum atomic E-state index is 10.9. The second-order valence-corrected chi connectivity index (χ2v) is 2.46. The Balaban J connectivity index is 2.96. The highest BCUT2D eigenvalue weighted by Crippen LogP contribution is 2.05. The van der Waals surface area contributed by atoms with E-state index in [4.69, 9.17) is 10.4 Å². The third-order valence-electron chi connectivity index (χ3n) is 1.45. The molecular weight excluding hydrogens is 158 g/mol. The number of nitrogens with zero attached hydrogens (tertiary/aromatic N) is 1. The average molecular weight is 167 g/mol. The number of amides is 1. The second kappa shape index (κ2) is 3.34. The first-order chi connectivity index (χ1) is 5.61. The minimum Gasteiger partial charge on any atom is -0.264 e. The summed E-state index contributed by atoms with van der Waals surface area (Å²) >= 11 is 0. The Labute approximate surface area is 69.6 Å². The zero-order valence-corrected chi connectivity index (χ0v) is 6.56. The molecular formula is C8H9NO3. The van der Waals surface area contributed by atoms with Gasteiger partial charge in [-0.05, 0) is 19.1 Å². The maximum absolute atomic E-state index is 10.9. The molecule has 0 radical (unpaired) electrons. The zero-order valence-electron chi connectivity index (χ0n) is 6.56. The lowest BCUT2D eigenvalue weighted by molar-refractivity contribution is -0.260. The first-order valence-electron chi connectivity index (χ1n) is 3.40. The van der Waals surface area contributed by atoms with Gasteiger partial charge in [0.05, 0.1) is 0 Å². The van der Waals surface area contributed by atoms with Gasteiger partial charge in [0, 0.05) is 5.56 Å². The predicted molar refractivity (Wildman–Crippen MR) is 40.9 cm³/mol. The number of aryl methyl sites for hydroxylation is 1. The predicted octanol–water partition coefficient (Wildman–Crippen LogP) is 1.22. The maximum Gasteiger partial charge on any atom is 0.303 e. The van der Waals surface area contributed by atoms with Crippen LogP contribution in [0.2, 0.25) is 0 Å². The molecule has 0 fully saturated rings. The Morgan fingerprint density at radius 1 is 1.42 bits per heavy atom. The monoisotopic (exact) mass is 167 g/mol. The van der Waals surface area contributed by atoms with Crippen LogP contribution in [0.4, 0.5) is 0 Å². The van der Waals surface area contributed by atoms with Gasteiger partial charge in [0.25, 0.3) is 0 Å². The Kier molecular flexibility index (Phi) is 2.42. The lowest BCUT2D eigenvalue weighted by Gasteiger charge is -2.05. The molecule has 4 nitrogen and oxygen atoms in total. The van der Waals surface area contributed by atoms with Crippen molar-refractivity contribution >= 4 is 5.91 Å². The van der Waals surface area contributed by atoms with Crippen molar-refractivity contribution in [1.29, 1.82) is 0 Å². The molecule has 0 saturated carbocycles. The highest BCUT2D eigenvalue weighted by molar-refractivity contribution is 5.92. The van der Waals surface area contributed by atoms with Gasteiger partial charge in [-0.2, -0.15) is 0 Å². The summed E-state index contributed by atoms with van der Waals surface area (Å²) in [5.41, 5.74) is 1.14. The quantitative estimate of drug-likeness (QED) is 0.488. The van der Waals surface area contributed by atoms with Gasteiger partial charge in [-0.3, -0.25) is 15.2 Å². The highest BCUT2D eigenvalue weighted by Gasteiger charge is 2.10. The number of hydroxylamine groups is 2. The van der Waals surface area contributed by atoms with E-state index in [9.17, 15) is 4.79 Å². The summed E-state index contributed by atoms with van der Waals surface area (Å²) < 4.78 is 0. The van der Waals surface area contributed by atoms with Crippen molar-refractivity contribution in [2.24, 2.45) is 0 Å². The molecule has 1 rings (SSSR count). The minimum absolute atomic E-state index is 0.250. The summed E-state index contributed by atoms with van der Waals surface area (Å²) in [6, 6.07) is 6.57. The molecule has 0 heterocycles. The molecule has 0 spiro atoms. The molecule has 2 N–H and O–H groups in total. The van der Waals surface area contributed by atoms with Crippen LogP contribution < -0.4 is 0 Å². The summed E-state index contributed by atoms with van der Waals surface area (Å²) in [6.45, 7) is 1.82. The van der Waals surface area contributed by atoms with Gasteiger partial charge < -0.3 is 0 Å². The largest absolute Gasteiger partial charge is 0.303 e. The van der Waals surface area contributed by atoms with Crippen LogP contribution in [-0.4, -0.2) is 21.5 Å². The van der Waals surface area contributed by atoms with Gasteiger partial charge in [0.1, 0.15) is 0 Å². The van der Waals surface area contributed by atoms with E-state index in [1.165, 1.54) is 6.07 Å². The molecule has 4 heteroatoms. The van der Waals surface area contributed by atoms with E-state index >= 15 is 0 Å². The van der Waals surface area contributed by atoms with Crippen molar-refractivity contribution in [3.05, 3.63) is 35.4 Å². The fourth-order valence-electron chi connectivity index (χ4n) is 0.894. The highest BCUT2D eigenvalue weighted by atomic mass is 16.8. The fraction of sp³-hybridized carbons (Fsp3) is 0.125. The summed E-state index contributed by atoms with van der Waals surface area (Å²) in [6.07, 6.45) is 0. The number of rotatable bonds is 1. The van der Waals surface area contributed by atoms with Crippen molar-refractivity contribution in [2.75, 3.05) is 0 Å². The van der Waals surface area contributed by atoms with Crippen LogP contribution in [0.1, 0.15) is 15.9 Å². The van der Waals surface area contributed by atoms with Gasteiger partial charge in [-0.15, -0.1) is 0 Å². The summed E-state index contributed by atoms with van der Waals surface area (Å²) in [5, 5.41) is 16.4. The van der Waals surface area contributed by atoms with E-state index in [0.29, 0.717) is 0 Å². The molecule has 0 saturated heterocycles. The molecule has 0 atom stereocenters. The van der Waals surface area contributed by atoms with Crippen molar-refractivity contribution in [1.82, 2.24) is 5.23 Å². The molecule has 1 aromatic carbocycles. The summed E-state index contributed by atoms with van der Waals surface area (Å²) in [4.78, 5) is 10.9. The van der Waals surface area contributed by atoms with Gasteiger partial charge in [0.15, 0.2) is 0 Å². The molecule has 0 aliphatic rings. The van der Waals surface area contributed by atoms with Crippen molar-refractivity contribution in [2.45, 2.75) is 6.92 Å². The topological polar surface area (TPSA) is 60.8 Å². The lowest BCUT2D eigenvalue weighted by Crippen LogP contribution is -2.23. The third kappa shape index (κ3) is 1.81. The first kappa shape index (κ1) is 8.70. The number of benzene rings is 1. The van der Waals surface area contributed by atoms with Crippen LogP contribution in [0.5, 0.6) is 0 Å². The van der Waals surface area contributed by atoms with E-state index in [1.54, 1.807) is 12.1 Å². The summed E-state index contributed by atoms with van der Waals surface area (Å²) in [5.74, 6) is -0.835. The molecule has 64 valence electrons. The molecule has 0 aromatic heterocycles. The number of hydrogen-bond donors (Lipinski definition) is 2. The van der Waals surface area contributed by atoms with E-state index < -0.39 is 11.1 Å². The Hall–Kier alpha value is -1.39. The van der Waals surface area contributed by atoms with E-state index in [-0.39, 0.29) is 5.56 Å². The molecule has 0 aliphatic carbocycles. The van der Waals surface area contributed by atoms with E-state index in [1.807, 2.05) is 13.0 Å². The second-order valence-electron chi connectivity index (χ2n) is 2.46. The molecule has 12 heavy (non-hydrogen) atoms. The molecule has 0 aliphatic heterocycles. The van der Waals surface area contributed by atoms with Crippen LogP contribution >= 0.6 is 0 Å². The molecule has 1 aromatic rings. The third-order valence-corrected chi connectivity index (χ3v) is 1.45. The molecule has 1 amide bonds. The fourth-order valence-corrected chi connectivity index (χ4v) is 0.894. The molecule has 0 bridgehead atoms. The van der Waals surface area contributed by atoms with Crippen molar-refractivity contribution < 1.29 is 15.2 Å². The normalized spacial score (nSPS) is 9.58. The van der Waals surface area contributed by atoms with Crippen LogP contribution in [0, 0.1) is 6.92 Å². The van der Waals surface area contributed by atoms with Gasteiger partial charge in [-0.1, -0.05) is 22.9 Å². The summed E-state index contributed by atoms with van der Waals surface area (Å²) in [7, 11) is 0. The number of carbonyl (C=O) groups excluding carboxylic acids is 1. The van der Waals surface area contributed by atoms with Crippen molar-refractivity contribution in [3.8, 4) is 0 Å². The standard InChI is InChI=1S/C8H9NO3/c1-6-3-2-4-7(5-6)8(10)9(11)12/h2-5,11-12H,1H3. The van der Waals surface area contributed by atoms with Crippen molar-refractivity contribution in [3.63, 3.8) is 0 Å². The molecule has 0 unspecified atom stereocenters. The van der Waals surface area contributed by atoms with Crippen LogP contribution in [0.3, 0.4) is 0 Å². The van der Waals surface area contributed by atoms with Gasteiger partial charge >= 0.3 is 5.91 Å². The van der Waals surface area contributed by atoms with Gasteiger partial charge in [-0.25, -0.2) is 0 Å². The number of hydrogen-bond acceptors (Lipinski definition) is 3. The minimum atomic E-state index is -0.835. The van der Waals surface area contributed by atoms with Crippen LogP contribution in [-0.2, 0) is 0 Å². The smallest absolute Gasteiger partial charge is 0.264 e. The van der Waals surface area contributed by atoms with Crippen LogP contribution in [0.25, 0.3) is 0 Å². The number of carbonyl (C=O) groups is 1. The zero-order chi connectivity index (χ0) is 9.14. The van der Waals surface area contributed by atoms with E-state index in [0.717, 1.165) is 5.56 Å². The first-order valence-corrected chi connectivity index (χ1v) is 3.40. The Morgan fingerprint density at radius 2 is 2.08 bits per heavy atom. The van der Waals surface area contributed by atoms with Crippen LogP contribution in [0.15, 0.2) is 24.3 Å². The van der Waals surface area contributed by atoms with Gasteiger partial charge in [0.2, 0.25) is 0 Å². The Bertz CT molecular complexity index is 296. The SMILES string of the molecule is Cc1cccc(C(=O)N(O)O)c1. The lowest BCUT2D eigenvalue weighted by atomic mass is 10.1. The average Bonchev–Trinajstić information content (AvgIpc) is 2.03.